The van der Waals surface area contributed by atoms with E-state index < -0.39 is 0 Å². The fourth-order valence-electron chi connectivity index (χ4n) is 3.15. The van der Waals surface area contributed by atoms with Gasteiger partial charge in [0.15, 0.2) is 11.5 Å². The van der Waals surface area contributed by atoms with Crippen LogP contribution < -0.4 is 9.47 Å². The van der Waals surface area contributed by atoms with E-state index in [1.807, 2.05) is 30.0 Å². The minimum absolute atomic E-state index is 0.0625. The zero-order valence-electron chi connectivity index (χ0n) is 14.0. The molecule has 1 saturated heterocycles. The second-order valence-electron chi connectivity index (χ2n) is 6.12. The van der Waals surface area contributed by atoms with Crippen LogP contribution in [0.4, 0.5) is 0 Å². The lowest BCUT2D eigenvalue weighted by Gasteiger charge is -2.29. The van der Waals surface area contributed by atoms with Gasteiger partial charge in [0, 0.05) is 24.6 Å². The van der Waals surface area contributed by atoms with Crippen LogP contribution in [0.3, 0.4) is 0 Å². The first-order valence-corrected chi connectivity index (χ1v) is 8.40. The van der Waals surface area contributed by atoms with Crippen LogP contribution in [0.5, 0.6) is 11.5 Å². The lowest BCUT2D eigenvalue weighted by molar-refractivity contribution is -0.127. The number of aromatic nitrogens is 2. The molecule has 2 aliphatic heterocycles. The first-order valence-electron chi connectivity index (χ1n) is 8.40. The molecule has 0 saturated carbocycles. The molecule has 25 heavy (non-hydrogen) atoms. The minimum atomic E-state index is 0.0625. The van der Waals surface area contributed by atoms with Gasteiger partial charge in [-0.1, -0.05) is 11.2 Å². The number of hydrogen-bond donors (Lipinski definition) is 0. The number of allylic oxidation sites excluding steroid dienone is 1. The number of benzene rings is 1. The Hall–Kier alpha value is -2.83. The van der Waals surface area contributed by atoms with E-state index in [4.69, 9.17) is 14.0 Å². The summed E-state index contributed by atoms with van der Waals surface area (Å²) < 4.78 is 16.2. The summed E-state index contributed by atoms with van der Waals surface area (Å²) in [4.78, 5) is 18.3. The van der Waals surface area contributed by atoms with Gasteiger partial charge < -0.3 is 18.9 Å². The summed E-state index contributed by atoms with van der Waals surface area (Å²) in [6, 6.07) is 5.59. The highest BCUT2D eigenvalue weighted by atomic mass is 16.7. The number of carbonyl (C=O) groups is 1. The average Bonchev–Trinajstić information content (AvgIpc) is 3.31. The van der Waals surface area contributed by atoms with Gasteiger partial charge in [-0.3, -0.25) is 4.79 Å². The molecule has 0 unspecified atom stereocenters. The molecule has 1 aromatic carbocycles. The topological polar surface area (TPSA) is 77.7 Å². The average molecular weight is 341 g/mol. The predicted molar refractivity (Wildman–Crippen MR) is 89.2 cm³/mol. The Morgan fingerprint density at radius 1 is 1.24 bits per heavy atom. The van der Waals surface area contributed by atoms with Crippen molar-refractivity contribution in [1.29, 1.82) is 0 Å². The fourth-order valence-corrected chi connectivity index (χ4v) is 3.15. The first kappa shape index (κ1) is 15.7. The number of nitrogens with zero attached hydrogens (tertiary/aromatic N) is 3. The van der Waals surface area contributed by atoms with E-state index in [1.165, 1.54) is 0 Å². The maximum absolute atomic E-state index is 11.9. The van der Waals surface area contributed by atoms with Crippen LogP contribution in [0, 0.1) is 0 Å². The quantitative estimate of drug-likeness (QED) is 0.799. The number of amides is 1. The Morgan fingerprint density at radius 3 is 2.84 bits per heavy atom. The SMILES string of the molecule is C/C=C/C(=O)N1CCC(c2nc(-c3ccc4c(c3)OCO4)no2)CC1. The van der Waals surface area contributed by atoms with Gasteiger partial charge in [-0.25, -0.2) is 0 Å². The molecule has 4 rings (SSSR count). The third-order valence-corrected chi connectivity index (χ3v) is 4.54. The van der Waals surface area contributed by atoms with Gasteiger partial charge in [0.2, 0.25) is 24.4 Å². The molecule has 2 aliphatic rings. The molecule has 130 valence electrons. The van der Waals surface area contributed by atoms with E-state index in [2.05, 4.69) is 10.1 Å². The molecule has 7 nitrogen and oxygen atoms in total. The number of carbonyl (C=O) groups excluding carboxylic acids is 1. The van der Waals surface area contributed by atoms with Crippen molar-refractivity contribution in [3.05, 3.63) is 36.2 Å². The summed E-state index contributed by atoms with van der Waals surface area (Å²) in [6.07, 6.45) is 5.02. The summed E-state index contributed by atoms with van der Waals surface area (Å²) >= 11 is 0. The summed E-state index contributed by atoms with van der Waals surface area (Å²) in [5.41, 5.74) is 0.833. The highest BCUT2D eigenvalue weighted by molar-refractivity contribution is 5.87. The number of ether oxygens (including phenoxy) is 2. The minimum Gasteiger partial charge on any atom is -0.454 e. The second kappa shape index (κ2) is 6.58. The lowest BCUT2D eigenvalue weighted by Crippen LogP contribution is -2.36. The fraction of sp³-hybridized carbons (Fsp3) is 0.389. The van der Waals surface area contributed by atoms with Crippen molar-refractivity contribution in [2.45, 2.75) is 25.7 Å². The number of fused-ring (bicyclic) bond motifs is 1. The van der Waals surface area contributed by atoms with E-state index in [-0.39, 0.29) is 18.6 Å². The van der Waals surface area contributed by atoms with Gasteiger partial charge in [0.1, 0.15) is 0 Å². The standard InChI is InChI=1S/C18H19N3O4/c1-2-3-16(22)21-8-6-12(7-9-21)18-19-17(20-25-18)13-4-5-14-15(10-13)24-11-23-14/h2-5,10,12H,6-9,11H2,1H3/b3-2+. The third-order valence-electron chi connectivity index (χ3n) is 4.54. The van der Waals surface area contributed by atoms with Crippen LogP contribution in [0.25, 0.3) is 11.4 Å². The highest BCUT2D eigenvalue weighted by Crippen LogP contribution is 2.36. The van der Waals surface area contributed by atoms with Crippen molar-refractivity contribution >= 4 is 5.91 Å². The van der Waals surface area contributed by atoms with Crippen LogP contribution in [0.2, 0.25) is 0 Å². The normalized spacial score (nSPS) is 17.4. The molecule has 0 radical (unpaired) electrons. The smallest absolute Gasteiger partial charge is 0.246 e. The van der Waals surface area contributed by atoms with Crippen molar-refractivity contribution < 1.29 is 18.8 Å². The molecule has 1 fully saturated rings. The molecule has 3 heterocycles. The zero-order valence-corrected chi connectivity index (χ0v) is 14.0. The molecule has 0 atom stereocenters. The van der Waals surface area contributed by atoms with Crippen LogP contribution in [0.1, 0.15) is 31.6 Å². The monoisotopic (exact) mass is 341 g/mol. The molecule has 7 heteroatoms. The van der Waals surface area contributed by atoms with Crippen molar-refractivity contribution in [3.63, 3.8) is 0 Å². The van der Waals surface area contributed by atoms with Gasteiger partial charge in [-0.05, 0) is 44.0 Å². The van der Waals surface area contributed by atoms with Crippen molar-refractivity contribution in [1.82, 2.24) is 15.0 Å². The number of rotatable bonds is 3. The highest BCUT2D eigenvalue weighted by Gasteiger charge is 2.27. The van der Waals surface area contributed by atoms with Crippen molar-refractivity contribution in [2.75, 3.05) is 19.9 Å². The summed E-state index contributed by atoms with van der Waals surface area (Å²) in [7, 11) is 0. The predicted octanol–water partition coefficient (Wildman–Crippen LogP) is 2.75. The first-order chi connectivity index (χ1) is 12.2. The van der Waals surface area contributed by atoms with Gasteiger partial charge in [0.05, 0.1) is 0 Å². The summed E-state index contributed by atoms with van der Waals surface area (Å²) in [5, 5.41) is 4.10. The van der Waals surface area contributed by atoms with Gasteiger partial charge in [-0.15, -0.1) is 0 Å². The molecular weight excluding hydrogens is 322 g/mol. The van der Waals surface area contributed by atoms with Gasteiger partial charge in [-0.2, -0.15) is 4.98 Å². The lowest BCUT2D eigenvalue weighted by atomic mass is 9.96. The van der Waals surface area contributed by atoms with E-state index in [1.54, 1.807) is 12.2 Å². The maximum atomic E-state index is 11.9. The van der Waals surface area contributed by atoms with E-state index in [0.29, 0.717) is 30.6 Å². The van der Waals surface area contributed by atoms with Gasteiger partial charge in [0.25, 0.3) is 0 Å². The Balaban J connectivity index is 1.45. The second-order valence-corrected chi connectivity index (χ2v) is 6.12. The van der Waals surface area contributed by atoms with Crippen LogP contribution >= 0.6 is 0 Å². The Morgan fingerprint density at radius 2 is 2.04 bits per heavy atom. The van der Waals surface area contributed by atoms with Crippen molar-refractivity contribution in [3.8, 4) is 22.9 Å². The van der Waals surface area contributed by atoms with Crippen LogP contribution in [-0.4, -0.2) is 40.8 Å². The van der Waals surface area contributed by atoms with E-state index in [0.717, 1.165) is 24.2 Å². The molecular formula is C18H19N3O4. The zero-order chi connectivity index (χ0) is 17.2. The molecule has 0 bridgehead atoms. The number of hydrogen-bond acceptors (Lipinski definition) is 6. The Labute approximate surface area is 145 Å². The number of likely N-dealkylation sites (tertiary alicyclic amines) is 1. The maximum Gasteiger partial charge on any atom is 0.246 e. The van der Waals surface area contributed by atoms with Crippen LogP contribution in [-0.2, 0) is 4.79 Å². The molecule has 0 N–H and O–H groups in total. The summed E-state index contributed by atoms with van der Waals surface area (Å²) in [6.45, 7) is 3.49. The molecule has 0 aliphatic carbocycles. The molecule has 0 spiro atoms. The van der Waals surface area contributed by atoms with Crippen LogP contribution in [0.15, 0.2) is 34.9 Å². The summed E-state index contributed by atoms with van der Waals surface area (Å²) in [5.74, 6) is 2.84. The Bertz CT molecular complexity index is 806. The third kappa shape index (κ3) is 3.09. The number of piperidine rings is 1. The molecule has 1 amide bonds. The Kier molecular flexibility index (Phi) is 4.13. The molecule has 1 aromatic heterocycles. The largest absolute Gasteiger partial charge is 0.454 e. The van der Waals surface area contributed by atoms with E-state index >= 15 is 0 Å². The molecule has 2 aromatic rings. The van der Waals surface area contributed by atoms with Crippen molar-refractivity contribution in [2.24, 2.45) is 0 Å². The van der Waals surface area contributed by atoms with Gasteiger partial charge >= 0.3 is 0 Å². The van der Waals surface area contributed by atoms with E-state index in [9.17, 15) is 4.79 Å².